The molecule has 27 heavy (non-hydrogen) atoms. The lowest BCUT2D eigenvalue weighted by molar-refractivity contribution is -0.152. The van der Waals surface area contributed by atoms with Crippen molar-refractivity contribution in [1.29, 1.82) is 0 Å². The van der Waals surface area contributed by atoms with Crippen molar-refractivity contribution < 1.29 is 14.7 Å². The molecule has 0 bridgehead atoms. The second-order valence-electron chi connectivity index (χ2n) is 6.40. The Balaban J connectivity index is 1.59. The summed E-state index contributed by atoms with van der Waals surface area (Å²) in [6, 6.07) is 15.2. The molecule has 2 amide bonds. The Bertz CT molecular complexity index is 746. The van der Waals surface area contributed by atoms with Crippen molar-refractivity contribution in [3.8, 4) is 0 Å². The van der Waals surface area contributed by atoms with Gasteiger partial charge in [-0.15, -0.1) is 0 Å². The van der Waals surface area contributed by atoms with Gasteiger partial charge in [0.25, 0.3) is 0 Å². The molecular formula is C20H24N4O3. The summed E-state index contributed by atoms with van der Waals surface area (Å²) in [5.74, 6) is -0.207. The van der Waals surface area contributed by atoms with Crippen LogP contribution in [0.15, 0.2) is 54.7 Å². The maximum Gasteiger partial charge on any atom is 0.312 e. The minimum absolute atomic E-state index is 0.132. The van der Waals surface area contributed by atoms with Gasteiger partial charge in [0.2, 0.25) is 0 Å². The summed E-state index contributed by atoms with van der Waals surface area (Å²) < 4.78 is 0. The average Bonchev–Trinajstić information content (AvgIpc) is 2.74. The molecule has 3 rings (SSSR count). The zero-order valence-corrected chi connectivity index (χ0v) is 15.2. The summed E-state index contributed by atoms with van der Waals surface area (Å²) in [4.78, 5) is 34.8. The fourth-order valence-corrected chi connectivity index (χ4v) is 3.13. The van der Waals surface area contributed by atoms with Gasteiger partial charge in [0.05, 0.1) is 6.61 Å². The van der Waals surface area contributed by atoms with E-state index in [1.807, 2.05) is 48.5 Å². The van der Waals surface area contributed by atoms with Gasteiger partial charge in [0, 0.05) is 45.5 Å². The van der Waals surface area contributed by atoms with E-state index in [0.29, 0.717) is 32.7 Å². The highest BCUT2D eigenvalue weighted by molar-refractivity contribution is 6.34. The minimum Gasteiger partial charge on any atom is -0.395 e. The van der Waals surface area contributed by atoms with Gasteiger partial charge in [-0.05, 0) is 17.7 Å². The molecule has 0 saturated carbocycles. The molecule has 0 radical (unpaired) electrons. The van der Waals surface area contributed by atoms with Crippen LogP contribution in [0.1, 0.15) is 5.56 Å². The number of pyridine rings is 1. The predicted octanol–water partition coefficient (Wildman–Crippen LogP) is 0.751. The van der Waals surface area contributed by atoms with Crippen LogP contribution in [-0.4, -0.2) is 71.0 Å². The smallest absolute Gasteiger partial charge is 0.312 e. The number of benzene rings is 1. The summed E-state index contributed by atoms with van der Waals surface area (Å²) in [5, 5.41) is 9.28. The molecule has 1 aliphatic rings. The van der Waals surface area contributed by atoms with Crippen LogP contribution in [0.25, 0.3) is 0 Å². The first-order valence-corrected chi connectivity index (χ1v) is 9.08. The summed E-state index contributed by atoms with van der Waals surface area (Å²) in [6.07, 6.45) is 1.74. The summed E-state index contributed by atoms with van der Waals surface area (Å²) in [6.45, 7) is 2.47. The Morgan fingerprint density at radius 2 is 1.70 bits per heavy atom. The zero-order chi connectivity index (χ0) is 19.1. The highest BCUT2D eigenvalue weighted by Crippen LogP contribution is 2.13. The van der Waals surface area contributed by atoms with Gasteiger partial charge in [-0.2, -0.15) is 0 Å². The second kappa shape index (κ2) is 9.14. The van der Waals surface area contributed by atoms with Gasteiger partial charge in [-0.3, -0.25) is 9.59 Å². The molecule has 142 valence electrons. The first kappa shape index (κ1) is 18.8. The van der Waals surface area contributed by atoms with Crippen molar-refractivity contribution in [1.82, 2.24) is 14.8 Å². The van der Waals surface area contributed by atoms with Crippen molar-refractivity contribution in [2.24, 2.45) is 0 Å². The molecule has 0 aliphatic carbocycles. The lowest BCUT2D eigenvalue weighted by atomic mass is 10.2. The topological polar surface area (TPSA) is 77.0 Å². The van der Waals surface area contributed by atoms with Crippen LogP contribution >= 0.6 is 0 Å². The monoisotopic (exact) mass is 368 g/mol. The molecule has 7 heteroatoms. The predicted molar refractivity (Wildman–Crippen MR) is 102 cm³/mol. The van der Waals surface area contributed by atoms with Crippen molar-refractivity contribution >= 4 is 17.6 Å². The van der Waals surface area contributed by atoms with E-state index >= 15 is 0 Å². The Morgan fingerprint density at radius 1 is 1.00 bits per heavy atom. The number of hydrogen-bond donors (Lipinski definition) is 1. The van der Waals surface area contributed by atoms with Crippen molar-refractivity contribution in [3.63, 3.8) is 0 Å². The molecule has 7 nitrogen and oxygen atoms in total. The third-order valence-electron chi connectivity index (χ3n) is 4.60. The number of aromatic nitrogens is 1. The van der Waals surface area contributed by atoms with E-state index in [-0.39, 0.29) is 13.2 Å². The van der Waals surface area contributed by atoms with E-state index in [1.165, 1.54) is 4.90 Å². The lowest BCUT2D eigenvalue weighted by Crippen LogP contribution is -2.53. The Morgan fingerprint density at radius 3 is 2.33 bits per heavy atom. The highest BCUT2D eigenvalue weighted by atomic mass is 16.3. The number of amides is 2. The number of hydrogen-bond acceptors (Lipinski definition) is 5. The molecule has 1 aromatic carbocycles. The fraction of sp³-hybridized carbons (Fsp3) is 0.350. The van der Waals surface area contributed by atoms with Crippen molar-refractivity contribution in [3.05, 3.63) is 60.3 Å². The van der Waals surface area contributed by atoms with E-state index in [2.05, 4.69) is 9.88 Å². The Kier molecular flexibility index (Phi) is 6.38. The third-order valence-corrected chi connectivity index (χ3v) is 4.60. The van der Waals surface area contributed by atoms with E-state index in [4.69, 9.17) is 0 Å². The zero-order valence-electron chi connectivity index (χ0n) is 15.2. The Hall–Kier alpha value is -2.93. The fourth-order valence-electron chi connectivity index (χ4n) is 3.13. The number of aliphatic hydroxyl groups is 1. The normalized spacial score (nSPS) is 14.1. The quantitative estimate of drug-likeness (QED) is 0.788. The summed E-state index contributed by atoms with van der Waals surface area (Å²) in [7, 11) is 0. The van der Waals surface area contributed by atoms with Gasteiger partial charge in [0.15, 0.2) is 0 Å². The van der Waals surface area contributed by atoms with E-state index < -0.39 is 11.8 Å². The van der Waals surface area contributed by atoms with E-state index in [9.17, 15) is 14.7 Å². The SMILES string of the molecule is O=C(C(=O)N(CCO)Cc1ccccc1)N1CCN(c2ccccn2)CC1. The highest BCUT2D eigenvalue weighted by Gasteiger charge is 2.29. The third kappa shape index (κ3) is 4.83. The minimum atomic E-state index is -0.570. The number of aliphatic hydroxyl groups excluding tert-OH is 1. The number of nitrogens with zero attached hydrogens (tertiary/aromatic N) is 4. The molecule has 1 aliphatic heterocycles. The number of carbonyl (C=O) groups excluding carboxylic acids is 2. The van der Waals surface area contributed by atoms with Crippen LogP contribution in [0.3, 0.4) is 0 Å². The van der Waals surface area contributed by atoms with Gasteiger partial charge in [0.1, 0.15) is 5.82 Å². The largest absolute Gasteiger partial charge is 0.395 e. The molecule has 1 fully saturated rings. The second-order valence-corrected chi connectivity index (χ2v) is 6.40. The molecule has 1 saturated heterocycles. The summed E-state index contributed by atoms with van der Waals surface area (Å²) >= 11 is 0. The molecular weight excluding hydrogens is 344 g/mol. The van der Waals surface area contributed by atoms with Gasteiger partial charge < -0.3 is 19.8 Å². The van der Waals surface area contributed by atoms with Crippen LogP contribution in [0.5, 0.6) is 0 Å². The first-order valence-electron chi connectivity index (χ1n) is 9.08. The van der Waals surface area contributed by atoms with Crippen LogP contribution in [0.2, 0.25) is 0 Å². The van der Waals surface area contributed by atoms with Crippen molar-refractivity contribution in [2.45, 2.75) is 6.54 Å². The molecule has 0 spiro atoms. The molecule has 1 aromatic heterocycles. The van der Waals surface area contributed by atoms with Crippen LogP contribution in [0, 0.1) is 0 Å². The average molecular weight is 368 g/mol. The Labute approximate surface area is 158 Å². The maximum absolute atomic E-state index is 12.7. The standard InChI is InChI=1S/C20H24N4O3/c25-15-14-24(16-17-6-2-1-3-7-17)20(27)19(26)23-12-10-22(11-13-23)18-8-4-5-9-21-18/h1-9,25H,10-16H2. The van der Waals surface area contributed by atoms with Crippen LogP contribution < -0.4 is 4.90 Å². The van der Waals surface area contributed by atoms with Gasteiger partial charge in [-0.1, -0.05) is 36.4 Å². The van der Waals surface area contributed by atoms with E-state index in [0.717, 1.165) is 11.4 Å². The lowest BCUT2D eigenvalue weighted by Gasteiger charge is -2.35. The summed E-state index contributed by atoms with van der Waals surface area (Å²) in [5.41, 5.74) is 0.923. The van der Waals surface area contributed by atoms with Gasteiger partial charge >= 0.3 is 11.8 Å². The molecule has 0 unspecified atom stereocenters. The molecule has 1 N–H and O–H groups in total. The van der Waals surface area contributed by atoms with Crippen LogP contribution in [0.4, 0.5) is 5.82 Å². The van der Waals surface area contributed by atoms with E-state index in [1.54, 1.807) is 11.1 Å². The molecule has 2 aromatic rings. The number of rotatable bonds is 5. The van der Waals surface area contributed by atoms with Crippen LogP contribution in [-0.2, 0) is 16.1 Å². The number of carbonyl (C=O) groups is 2. The molecule has 0 atom stereocenters. The maximum atomic E-state index is 12.7. The number of piperazine rings is 1. The molecule has 2 heterocycles. The first-order chi connectivity index (χ1) is 13.2. The van der Waals surface area contributed by atoms with Gasteiger partial charge in [-0.25, -0.2) is 4.98 Å². The van der Waals surface area contributed by atoms with Crippen molar-refractivity contribution in [2.75, 3.05) is 44.2 Å². The number of anilines is 1.